The van der Waals surface area contributed by atoms with Crippen molar-refractivity contribution in [2.24, 2.45) is 0 Å². The van der Waals surface area contributed by atoms with Crippen molar-refractivity contribution in [2.45, 2.75) is 20.4 Å². The van der Waals surface area contributed by atoms with Gasteiger partial charge in [0.1, 0.15) is 12.4 Å². The molecule has 2 rings (SSSR count). The van der Waals surface area contributed by atoms with Gasteiger partial charge in [0, 0.05) is 12.2 Å². The molecule has 0 heterocycles. The Labute approximate surface area is 148 Å². The van der Waals surface area contributed by atoms with Gasteiger partial charge in [0.05, 0.1) is 8.95 Å². The normalized spacial score (nSPS) is 10.4. The summed E-state index contributed by atoms with van der Waals surface area (Å²) in [7, 11) is 0. The van der Waals surface area contributed by atoms with E-state index in [0.717, 1.165) is 26.9 Å². The van der Waals surface area contributed by atoms with Crippen LogP contribution in [0.25, 0.3) is 0 Å². The Balaban J connectivity index is 2.11. The van der Waals surface area contributed by atoms with Gasteiger partial charge in [-0.25, -0.2) is 0 Å². The van der Waals surface area contributed by atoms with E-state index in [4.69, 9.17) is 4.74 Å². The summed E-state index contributed by atoms with van der Waals surface area (Å²) in [5, 5.41) is 3.47. The molecule has 0 saturated carbocycles. The molecule has 0 radical (unpaired) electrons. The number of hydrogen-bond donors (Lipinski definition) is 1. The largest absolute Gasteiger partial charge is 0.487 e. The van der Waals surface area contributed by atoms with E-state index < -0.39 is 0 Å². The minimum atomic E-state index is 0.483. The minimum Gasteiger partial charge on any atom is -0.487 e. The summed E-state index contributed by atoms with van der Waals surface area (Å²) in [5.74, 6) is 0.801. The lowest BCUT2D eigenvalue weighted by molar-refractivity contribution is 0.358. The molecule has 22 heavy (non-hydrogen) atoms. The van der Waals surface area contributed by atoms with Crippen molar-refractivity contribution in [3.05, 3.63) is 68.6 Å². The van der Waals surface area contributed by atoms with Crippen molar-refractivity contribution in [3.8, 4) is 5.75 Å². The molecule has 0 aliphatic carbocycles. The van der Waals surface area contributed by atoms with E-state index in [1.807, 2.05) is 0 Å². The summed E-state index contributed by atoms with van der Waals surface area (Å²) in [6.45, 7) is 9.12. The molecule has 0 bridgehead atoms. The molecule has 0 amide bonds. The average molecular weight is 425 g/mol. The van der Waals surface area contributed by atoms with Gasteiger partial charge in [0.15, 0.2) is 0 Å². The molecule has 0 spiro atoms. The van der Waals surface area contributed by atoms with E-state index >= 15 is 0 Å². The van der Waals surface area contributed by atoms with E-state index in [0.29, 0.717) is 6.61 Å². The third kappa shape index (κ3) is 4.37. The summed E-state index contributed by atoms with van der Waals surface area (Å²) in [4.78, 5) is 0. The van der Waals surface area contributed by atoms with Crippen LogP contribution in [-0.4, -0.2) is 6.61 Å². The molecule has 1 N–H and O–H groups in total. The van der Waals surface area contributed by atoms with Crippen LogP contribution in [0.3, 0.4) is 0 Å². The number of ether oxygens (including phenoxy) is 1. The van der Waals surface area contributed by atoms with Crippen LogP contribution in [0.5, 0.6) is 5.75 Å². The standard InChI is InChI=1S/C18H19Br2NO/c1-4-7-22-18-15(19)9-14(10-16(18)20)11-21-17-6-5-12(2)8-13(17)3/h4-6,8-10,21H,1,7,11H2,2-3H3. The van der Waals surface area contributed by atoms with Gasteiger partial charge in [0.25, 0.3) is 0 Å². The van der Waals surface area contributed by atoms with Crippen molar-refractivity contribution >= 4 is 37.5 Å². The van der Waals surface area contributed by atoms with Crippen LogP contribution in [-0.2, 0) is 6.54 Å². The van der Waals surface area contributed by atoms with E-state index in [1.165, 1.54) is 16.7 Å². The first kappa shape index (κ1) is 17.1. The van der Waals surface area contributed by atoms with Gasteiger partial charge >= 0.3 is 0 Å². The lowest BCUT2D eigenvalue weighted by Crippen LogP contribution is -2.02. The molecule has 2 nitrogen and oxygen atoms in total. The predicted octanol–water partition coefficient (Wildman–Crippen LogP) is 6.01. The number of anilines is 1. The SMILES string of the molecule is C=CCOc1c(Br)cc(CNc2ccc(C)cc2C)cc1Br. The average Bonchev–Trinajstić information content (AvgIpc) is 2.45. The fourth-order valence-corrected chi connectivity index (χ4v) is 3.71. The number of hydrogen-bond acceptors (Lipinski definition) is 2. The van der Waals surface area contributed by atoms with Gasteiger partial charge in [-0.05, 0) is 75.0 Å². The zero-order valence-corrected chi connectivity index (χ0v) is 15.9. The molecular weight excluding hydrogens is 406 g/mol. The molecule has 116 valence electrons. The molecule has 2 aromatic rings. The van der Waals surface area contributed by atoms with E-state index in [1.54, 1.807) is 6.08 Å². The molecule has 0 aromatic heterocycles. The molecule has 0 aliphatic heterocycles. The minimum absolute atomic E-state index is 0.483. The lowest BCUT2D eigenvalue weighted by Gasteiger charge is -2.13. The highest BCUT2D eigenvalue weighted by atomic mass is 79.9. The van der Waals surface area contributed by atoms with Crippen molar-refractivity contribution in [3.63, 3.8) is 0 Å². The van der Waals surface area contributed by atoms with E-state index in [9.17, 15) is 0 Å². The lowest BCUT2D eigenvalue weighted by atomic mass is 10.1. The Morgan fingerprint density at radius 1 is 1.14 bits per heavy atom. The maximum absolute atomic E-state index is 5.63. The molecule has 0 atom stereocenters. The summed E-state index contributed by atoms with van der Waals surface area (Å²) in [6, 6.07) is 10.6. The molecular formula is C18H19Br2NO. The van der Waals surface area contributed by atoms with Crippen LogP contribution in [0, 0.1) is 13.8 Å². The molecule has 0 unspecified atom stereocenters. The number of benzene rings is 2. The maximum atomic E-state index is 5.63. The summed E-state index contributed by atoms with van der Waals surface area (Å²) in [6.07, 6.45) is 1.73. The zero-order chi connectivity index (χ0) is 16.1. The second-order valence-corrected chi connectivity index (χ2v) is 6.87. The van der Waals surface area contributed by atoms with Gasteiger partial charge in [0.2, 0.25) is 0 Å². The highest BCUT2D eigenvalue weighted by molar-refractivity contribution is 9.11. The topological polar surface area (TPSA) is 21.3 Å². The van der Waals surface area contributed by atoms with Gasteiger partial charge in [-0.1, -0.05) is 30.4 Å². The zero-order valence-electron chi connectivity index (χ0n) is 12.7. The van der Waals surface area contributed by atoms with Crippen LogP contribution in [0.1, 0.15) is 16.7 Å². The Morgan fingerprint density at radius 3 is 2.41 bits per heavy atom. The molecule has 0 saturated heterocycles. The van der Waals surface area contributed by atoms with Crippen molar-refractivity contribution in [1.82, 2.24) is 0 Å². The van der Waals surface area contributed by atoms with Crippen LogP contribution in [0.4, 0.5) is 5.69 Å². The first-order valence-electron chi connectivity index (χ1n) is 7.04. The fraction of sp³-hybridized carbons (Fsp3) is 0.222. The number of rotatable bonds is 6. The predicted molar refractivity (Wildman–Crippen MR) is 101 cm³/mol. The smallest absolute Gasteiger partial charge is 0.148 e. The monoisotopic (exact) mass is 423 g/mol. The highest BCUT2D eigenvalue weighted by Gasteiger charge is 2.09. The summed E-state index contributed by atoms with van der Waals surface area (Å²) in [5.41, 5.74) is 4.86. The van der Waals surface area contributed by atoms with Crippen LogP contribution in [0.2, 0.25) is 0 Å². The van der Waals surface area contributed by atoms with Gasteiger partial charge in [-0.2, -0.15) is 0 Å². The van der Waals surface area contributed by atoms with E-state index in [2.05, 4.69) is 87.9 Å². The van der Waals surface area contributed by atoms with Gasteiger partial charge in [-0.3, -0.25) is 0 Å². The van der Waals surface area contributed by atoms with Crippen molar-refractivity contribution < 1.29 is 4.74 Å². The van der Waals surface area contributed by atoms with Crippen LogP contribution in [0.15, 0.2) is 51.9 Å². The van der Waals surface area contributed by atoms with Crippen molar-refractivity contribution in [2.75, 3.05) is 11.9 Å². The maximum Gasteiger partial charge on any atom is 0.148 e. The van der Waals surface area contributed by atoms with Crippen molar-refractivity contribution in [1.29, 1.82) is 0 Å². The molecule has 4 heteroatoms. The Hall–Kier alpha value is -1.26. The Kier molecular flexibility index (Phi) is 6.09. The number of nitrogens with one attached hydrogen (secondary N) is 1. The Morgan fingerprint density at radius 2 is 1.82 bits per heavy atom. The van der Waals surface area contributed by atoms with Gasteiger partial charge in [-0.15, -0.1) is 0 Å². The van der Waals surface area contributed by atoms with E-state index in [-0.39, 0.29) is 0 Å². The van der Waals surface area contributed by atoms with Crippen LogP contribution < -0.4 is 10.1 Å². The Bertz CT molecular complexity index is 660. The van der Waals surface area contributed by atoms with Crippen LogP contribution >= 0.6 is 31.9 Å². The molecule has 0 aliphatic rings. The van der Waals surface area contributed by atoms with Gasteiger partial charge < -0.3 is 10.1 Å². The third-order valence-corrected chi connectivity index (χ3v) is 4.45. The number of halogens is 2. The second kappa shape index (κ2) is 7.84. The first-order chi connectivity index (χ1) is 10.5. The highest BCUT2D eigenvalue weighted by Crippen LogP contribution is 2.35. The third-order valence-electron chi connectivity index (χ3n) is 3.27. The summed E-state index contributed by atoms with van der Waals surface area (Å²) >= 11 is 7.12. The molecule has 0 fully saturated rings. The number of aryl methyl sites for hydroxylation is 2. The quantitative estimate of drug-likeness (QED) is 0.573. The fourth-order valence-electron chi connectivity index (χ4n) is 2.20. The first-order valence-corrected chi connectivity index (χ1v) is 8.62. The summed E-state index contributed by atoms with van der Waals surface area (Å²) < 4.78 is 7.50. The second-order valence-electron chi connectivity index (χ2n) is 5.16. The molecule has 2 aromatic carbocycles.